The van der Waals surface area contributed by atoms with Crippen LogP contribution in [0.15, 0.2) is 18.3 Å². The number of rotatable bonds is 4. The fourth-order valence-electron chi connectivity index (χ4n) is 5.48. The number of hydrogen-bond donors (Lipinski definition) is 1. The summed E-state index contributed by atoms with van der Waals surface area (Å²) in [6.07, 6.45) is 10.5. The highest BCUT2D eigenvalue weighted by Gasteiger charge is 2.53. The molecular formula is C18H26N2. The van der Waals surface area contributed by atoms with E-state index in [1.54, 1.807) is 0 Å². The van der Waals surface area contributed by atoms with Crippen molar-refractivity contribution < 1.29 is 0 Å². The van der Waals surface area contributed by atoms with E-state index < -0.39 is 0 Å². The molecule has 1 N–H and O–H groups in total. The molecule has 1 aromatic heterocycles. The van der Waals surface area contributed by atoms with Gasteiger partial charge in [-0.05, 0) is 67.4 Å². The van der Waals surface area contributed by atoms with Crippen LogP contribution in [0.5, 0.6) is 0 Å². The lowest BCUT2D eigenvalue weighted by atomic mass is 9.79. The first-order valence-electron chi connectivity index (χ1n) is 8.53. The van der Waals surface area contributed by atoms with Gasteiger partial charge in [0.25, 0.3) is 0 Å². The zero-order valence-corrected chi connectivity index (χ0v) is 12.5. The molecule has 20 heavy (non-hydrogen) atoms. The van der Waals surface area contributed by atoms with Gasteiger partial charge in [0.1, 0.15) is 0 Å². The third kappa shape index (κ3) is 2.00. The second-order valence-corrected chi connectivity index (χ2v) is 7.10. The standard InChI is InChI=1S/C18H26N2/c1-2-12-5-4-8-19-18(12)11-20-17-10-13-9-16(17)15-7-3-6-14(13)15/h4-5,8,13-17,20H,2-3,6-7,9-11H2,1H3. The number of hydrogen-bond acceptors (Lipinski definition) is 2. The largest absolute Gasteiger partial charge is 0.308 e. The normalized spacial score (nSPS) is 38.4. The van der Waals surface area contributed by atoms with Gasteiger partial charge in [0.2, 0.25) is 0 Å². The Balaban J connectivity index is 1.41. The van der Waals surface area contributed by atoms with E-state index in [0.29, 0.717) is 0 Å². The van der Waals surface area contributed by atoms with Crippen LogP contribution in [0.25, 0.3) is 0 Å². The van der Waals surface area contributed by atoms with Crippen LogP contribution >= 0.6 is 0 Å². The number of fused-ring (bicyclic) bond motifs is 5. The van der Waals surface area contributed by atoms with E-state index in [1.165, 1.54) is 43.4 Å². The highest BCUT2D eigenvalue weighted by atomic mass is 15.0. The summed E-state index contributed by atoms with van der Waals surface area (Å²) in [6.45, 7) is 3.19. The summed E-state index contributed by atoms with van der Waals surface area (Å²) in [5.74, 6) is 4.17. The molecule has 5 atom stereocenters. The molecule has 0 spiro atoms. The molecule has 0 amide bonds. The first-order chi connectivity index (χ1) is 9.86. The summed E-state index contributed by atoms with van der Waals surface area (Å²) in [7, 11) is 0. The summed E-state index contributed by atoms with van der Waals surface area (Å²) in [6, 6.07) is 5.05. The summed E-state index contributed by atoms with van der Waals surface area (Å²) < 4.78 is 0. The topological polar surface area (TPSA) is 24.9 Å². The summed E-state index contributed by atoms with van der Waals surface area (Å²) in [4.78, 5) is 4.58. The molecule has 3 fully saturated rings. The average molecular weight is 270 g/mol. The molecule has 5 unspecified atom stereocenters. The number of pyridine rings is 1. The van der Waals surface area contributed by atoms with Crippen molar-refractivity contribution in [2.45, 2.75) is 58.0 Å². The van der Waals surface area contributed by atoms with Gasteiger partial charge >= 0.3 is 0 Å². The molecule has 1 aromatic rings. The summed E-state index contributed by atoms with van der Waals surface area (Å²) in [5.41, 5.74) is 2.67. The minimum absolute atomic E-state index is 0.770. The minimum Gasteiger partial charge on any atom is -0.308 e. The van der Waals surface area contributed by atoms with Crippen molar-refractivity contribution in [2.75, 3.05) is 0 Å². The molecule has 4 rings (SSSR count). The number of aryl methyl sites for hydroxylation is 1. The molecule has 108 valence electrons. The Morgan fingerprint density at radius 2 is 2.10 bits per heavy atom. The smallest absolute Gasteiger partial charge is 0.0573 e. The molecule has 2 bridgehead atoms. The summed E-state index contributed by atoms with van der Waals surface area (Å²) in [5, 5.41) is 3.85. The van der Waals surface area contributed by atoms with Gasteiger partial charge < -0.3 is 5.32 Å². The average Bonchev–Trinajstić information content (AvgIpc) is 3.17. The lowest BCUT2D eigenvalue weighted by molar-refractivity contribution is 0.207. The molecule has 1 heterocycles. The van der Waals surface area contributed by atoms with Crippen molar-refractivity contribution in [1.29, 1.82) is 0 Å². The SMILES string of the molecule is CCc1cccnc1CNC1CC2CC1C1CCCC21. The van der Waals surface area contributed by atoms with Crippen molar-refractivity contribution in [1.82, 2.24) is 10.3 Å². The van der Waals surface area contributed by atoms with Gasteiger partial charge in [-0.2, -0.15) is 0 Å². The Morgan fingerprint density at radius 1 is 1.20 bits per heavy atom. The van der Waals surface area contributed by atoms with E-state index >= 15 is 0 Å². The Labute approximate surface area is 122 Å². The van der Waals surface area contributed by atoms with Crippen LogP contribution in [0, 0.1) is 23.7 Å². The van der Waals surface area contributed by atoms with E-state index in [0.717, 1.165) is 42.7 Å². The Kier molecular flexibility index (Phi) is 3.30. The molecular weight excluding hydrogens is 244 g/mol. The van der Waals surface area contributed by atoms with Gasteiger partial charge in [0, 0.05) is 18.8 Å². The maximum absolute atomic E-state index is 4.58. The van der Waals surface area contributed by atoms with Crippen LogP contribution < -0.4 is 5.32 Å². The molecule has 0 aromatic carbocycles. The highest BCUT2D eigenvalue weighted by molar-refractivity contribution is 5.19. The molecule has 2 nitrogen and oxygen atoms in total. The zero-order chi connectivity index (χ0) is 13.5. The third-order valence-electron chi connectivity index (χ3n) is 6.33. The maximum Gasteiger partial charge on any atom is 0.0573 e. The van der Waals surface area contributed by atoms with Crippen molar-refractivity contribution in [2.24, 2.45) is 23.7 Å². The molecule has 0 radical (unpaired) electrons. The molecule has 2 heteroatoms. The monoisotopic (exact) mass is 270 g/mol. The van der Waals surface area contributed by atoms with Gasteiger partial charge in [-0.1, -0.05) is 19.4 Å². The zero-order valence-electron chi connectivity index (χ0n) is 12.5. The molecule has 3 aliphatic carbocycles. The van der Waals surface area contributed by atoms with Crippen LogP contribution in [0.1, 0.15) is 50.3 Å². The van der Waals surface area contributed by atoms with E-state index in [2.05, 4.69) is 29.4 Å². The Morgan fingerprint density at radius 3 is 3.00 bits per heavy atom. The van der Waals surface area contributed by atoms with Crippen molar-refractivity contribution in [3.05, 3.63) is 29.6 Å². The van der Waals surface area contributed by atoms with Crippen LogP contribution in [-0.4, -0.2) is 11.0 Å². The predicted molar refractivity (Wildman–Crippen MR) is 81.3 cm³/mol. The predicted octanol–water partition coefficient (Wildman–Crippen LogP) is 3.56. The minimum atomic E-state index is 0.770. The first-order valence-corrected chi connectivity index (χ1v) is 8.53. The third-order valence-corrected chi connectivity index (χ3v) is 6.33. The van der Waals surface area contributed by atoms with Gasteiger partial charge in [-0.15, -0.1) is 0 Å². The van der Waals surface area contributed by atoms with Crippen molar-refractivity contribution in [3.63, 3.8) is 0 Å². The molecule has 0 saturated heterocycles. The molecule has 3 saturated carbocycles. The molecule has 3 aliphatic rings. The maximum atomic E-state index is 4.58. The second-order valence-electron chi connectivity index (χ2n) is 7.10. The fourth-order valence-corrected chi connectivity index (χ4v) is 5.48. The van der Waals surface area contributed by atoms with Crippen LogP contribution in [0.4, 0.5) is 0 Å². The van der Waals surface area contributed by atoms with E-state index in [4.69, 9.17) is 0 Å². The highest BCUT2D eigenvalue weighted by Crippen LogP contribution is 2.58. The quantitative estimate of drug-likeness (QED) is 0.905. The van der Waals surface area contributed by atoms with E-state index in [1.807, 2.05) is 6.20 Å². The lowest BCUT2D eigenvalue weighted by Gasteiger charge is -2.32. The molecule has 0 aliphatic heterocycles. The van der Waals surface area contributed by atoms with Gasteiger partial charge in [0.15, 0.2) is 0 Å². The number of nitrogens with one attached hydrogen (secondary N) is 1. The Hall–Kier alpha value is -0.890. The van der Waals surface area contributed by atoms with Crippen molar-refractivity contribution >= 4 is 0 Å². The number of nitrogens with zero attached hydrogens (tertiary/aromatic N) is 1. The second kappa shape index (κ2) is 5.14. The number of aromatic nitrogens is 1. The van der Waals surface area contributed by atoms with E-state index in [-0.39, 0.29) is 0 Å². The van der Waals surface area contributed by atoms with Crippen LogP contribution in [0.3, 0.4) is 0 Å². The Bertz CT molecular complexity index is 484. The first kappa shape index (κ1) is 12.8. The van der Waals surface area contributed by atoms with Gasteiger partial charge in [-0.3, -0.25) is 4.98 Å². The van der Waals surface area contributed by atoms with Gasteiger partial charge in [0.05, 0.1) is 5.69 Å². The lowest BCUT2D eigenvalue weighted by Crippen LogP contribution is -2.39. The fraction of sp³-hybridized carbons (Fsp3) is 0.722. The van der Waals surface area contributed by atoms with Crippen molar-refractivity contribution in [3.8, 4) is 0 Å². The van der Waals surface area contributed by atoms with E-state index in [9.17, 15) is 0 Å². The van der Waals surface area contributed by atoms with Crippen LogP contribution in [-0.2, 0) is 13.0 Å². The summed E-state index contributed by atoms with van der Waals surface area (Å²) >= 11 is 0. The van der Waals surface area contributed by atoms with Gasteiger partial charge in [-0.25, -0.2) is 0 Å². The van der Waals surface area contributed by atoms with Crippen LogP contribution in [0.2, 0.25) is 0 Å².